The number of nitrogens with zero attached hydrogens (tertiary/aromatic N) is 4. The van der Waals surface area contributed by atoms with Gasteiger partial charge in [-0.25, -0.2) is 4.98 Å². The summed E-state index contributed by atoms with van der Waals surface area (Å²) in [7, 11) is 0. The molecule has 1 unspecified atom stereocenters. The lowest BCUT2D eigenvalue weighted by molar-refractivity contribution is 0.0922. The second-order valence-corrected chi connectivity index (χ2v) is 6.09. The van der Waals surface area contributed by atoms with Gasteiger partial charge in [-0.15, -0.1) is 0 Å². The lowest BCUT2D eigenvalue weighted by Gasteiger charge is -2.37. The zero-order valence-corrected chi connectivity index (χ0v) is 13.9. The molecule has 6 nitrogen and oxygen atoms in total. The summed E-state index contributed by atoms with van der Waals surface area (Å²) in [5.74, 6) is -0.168. The van der Waals surface area contributed by atoms with Crippen LogP contribution in [0.1, 0.15) is 17.4 Å². The number of piperazine rings is 1. The molecule has 1 fully saturated rings. The van der Waals surface area contributed by atoms with Gasteiger partial charge in [0.25, 0.3) is 5.91 Å². The molecule has 2 heterocycles. The normalized spacial score (nSPS) is 16.6. The van der Waals surface area contributed by atoms with Crippen molar-refractivity contribution in [3.63, 3.8) is 0 Å². The van der Waals surface area contributed by atoms with Crippen LogP contribution in [0.15, 0.2) is 48.9 Å². The van der Waals surface area contributed by atoms with E-state index in [-0.39, 0.29) is 11.9 Å². The maximum Gasteiger partial charge on any atom is 0.271 e. The number of para-hydroxylation sites is 1. The maximum atomic E-state index is 12.1. The van der Waals surface area contributed by atoms with Crippen LogP contribution in [0.3, 0.4) is 0 Å². The van der Waals surface area contributed by atoms with Crippen LogP contribution >= 0.6 is 0 Å². The topological polar surface area (TPSA) is 61.4 Å². The number of aromatic nitrogens is 2. The number of amides is 1. The molecule has 24 heavy (non-hydrogen) atoms. The Labute approximate surface area is 142 Å². The molecule has 126 valence electrons. The van der Waals surface area contributed by atoms with Crippen LogP contribution < -0.4 is 10.2 Å². The molecule has 1 aromatic heterocycles. The van der Waals surface area contributed by atoms with E-state index in [1.165, 1.54) is 18.1 Å². The van der Waals surface area contributed by atoms with Crippen molar-refractivity contribution < 1.29 is 4.79 Å². The number of rotatable bonds is 5. The molecule has 1 amide bonds. The van der Waals surface area contributed by atoms with Crippen molar-refractivity contribution in [1.29, 1.82) is 0 Å². The first-order valence-corrected chi connectivity index (χ1v) is 8.31. The minimum atomic E-state index is -0.168. The van der Waals surface area contributed by atoms with Gasteiger partial charge in [0.15, 0.2) is 0 Å². The molecule has 0 bridgehead atoms. The molecule has 0 saturated carbocycles. The van der Waals surface area contributed by atoms with E-state index < -0.39 is 0 Å². The Morgan fingerprint density at radius 1 is 1.17 bits per heavy atom. The average Bonchev–Trinajstić information content (AvgIpc) is 2.64. The first-order valence-electron chi connectivity index (χ1n) is 8.31. The molecule has 0 radical (unpaired) electrons. The van der Waals surface area contributed by atoms with Crippen molar-refractivity contribution in [2.45, 2.75) is 13.0 Å². The number of nitrogens with one attached hydrogen (secondary N) is 1. The molecule has 1 atom stereocenters. The first kappa shape index (κ1) is 16.4. The second kappa shape index (κ2) is 7.88. The van der Waals surface area contributed by atoms with Crippen LogP contribution in [0.4, 0.5) is 5.69 Å². The van der Waals surface area contributed by atoms with Gasteiger partial charge in [-0.2, -0.15) is 0 Å². The summed E-state index contributed by atoms with van der Waals surface area (Å²) in [6.07, 6.45) is 4.58. The van der Waals surface area contributed by atoms with Gasteiger partial charge in [0.05, 0.1) is 6.20 Å². The first-order chi connectivity index (χ1) is 11.7. The third-order valence-corrected chi connectivity index (χ3v) is 4.20. The van der Waals surface area contributed by atoms with E-state index in [4.69, 9.17) is 0 Å². The quantitative estimate of drug-likeness (QED) is 0.901. The van der Waals surface area contributed by atoms with Crippen LogP contribution in [-0.2, 0) is 0 Å². The minimum Gasteiger partial charge on any atom is -0.369 e. The van der Waals surface area contributed by atoms with Crippen molar-refractivity contribution in [2.75, 3.05) is 37.6 Å². The number of carbonyl (C=O) groups is 1. The minimum absolute atomic E-state index is 0.0720. The SMILES string of the molecule is CC(CN1CCN(c2ccccc2)CC1)NC(=O)c1cnccn1. The van der Waals surface area contributed by atoms with E-state index in [1.54, 1.807) is 6.20 Å². The zero-order valence-electron chi connectivity index (χ0n) is 13.9. The highest BCUT2D eigenvalue weighted by Gasteiger charge is 2.20. The molecule has 1 saturated heterocycles. The Balaban J connectivity index is 1.45. The Morgan fingerprint density at radius 2 is 1.92 bits per heavy atom. The second-order valence-electron chi connectivity index (χ2n) is 6.09. The molecule has 6 heteroatoms. The third kappa shape index (κ3) is 4.29. The highest BCUT2D eigenvalue weighted by atomic mass is 16.1. The van der Waals surface area contributed by atoms with Crippen molar-refractivity contribution >= 4 is 11.6 Å². The van der Waals surface area contributed by atoms with Gasteiger partial charge in [-0.3, -0.25) is 14.7 Å². The molecule has 1 aromatic carbocycles. The lowest BCUT2D eigenvalue weighted by Crippen LogP contribution is -2.50. The zero-order chi connectivity index (χ0) is 16.8. The van der Waals surface area contributed by atoms with E-state index in [0.29, 0.717) is 5.69 Å². The van der Waals surface area contributed by atoms with E-state index in [9.17, 15) is 4.79 Å². The van der Waals surface area contributed by atoms with Crippen LogP contribution in [-0.4, -0.2) is 59.5 Å². The average molecular weight is 325 g/mol. The fourth-order valence-corrected chi connectivity index (χ4v) is 2.97. The summed E-state index contributed by atoms with van der Waals surface area (Å²) in [6, 6.07) is 10.6. The summed E-state index contributed by atoms with van der Waals surface area (Å²) in [6.45, 7) is 6.89. The van der Waals surface area contributed by atoms with Crippen LogP contribution in [0, 0.1) is 0 Å². The van der Waals surface area contributed by atoms with Gasteiger partial charge >= 0.3 is 0 Å². The molecular weight excluding hydrogens is 302 g/mol. The van der Waals surface area contributed by atoms with Gasteiger partial charge in [-0.1, -0.05) is 18.2 Å². The van der Waals surface area contributed by atoms with Crippen molar-refractivity contribution in [2.24, 2.45) is 0 Å². The smallest absolute Gasteiger partial charge is 0.271 e. The van der Waals surface area contributed by atoms with E-state index in [2.05, 4.69) is 49.4 Å². The number of carbonyl (C=O) groups excluding carboxylic acids is 1. The molecule has 2 aromatic rings. The highest BCUT2D eigenvalue weighted by molar-refractivity contribution is 5.92. The van der Waals surface area contributed by atoms with Crippen LogP contribution in [0.25, 0.3) is 0 Å². The number of hydrogen-bond donors (Lipinski definition) is 1. The van der Waals surface area contributed by atoms with E-state index >= 15 is 0 Å². The molecule has 1 N–H and O–H groups in total. The molecular formula is C18H23N5O. The largest absolute Gasteiger partial charge is 0.369 e. The molecule has 0 spiro atoms. The standard InChI is InChI=1S/C18H23N5O/c1-15(21-18(24)17-13-19-7-8-20-17)14-22-9-11-23(12-10-22)16-5-3-2-4-6-16/h2-8,13,15H,9-12,14H2,1H3,(H,21,24). The summed E-state index contributed by atoms with van der Waals surface area (Å²) >= 11 is 0. The van der Waals surface area contributed by atoms with Crippen molar-refractivity contribution in [1.82, 2.24) is 20.2 Å². The molecule has 3 rings (SSSR count). The summed E-state index contributed by atoms with van der Waals surface area (Å²) in [5.41, 5.74) is 1.64. The van der Waals surface area contributed by atoms with Gasteiger partial charge < -0.3 is 10.2 Å². The fourth-order valence-electron chi connectivity index (χ4n) is 2.97. The third-order valence-electron chi connectivity index (χ3n) is 4.20. The summed E-state index contributed by atoms with van der Waals surface area (Å²) in [4.78, 5) is 24.8. The number of anilines is 1. The monoisotopic (exact) mass is 325 g/mol. The molecule has 1 aliphatic heterocycles. The summed E-state index contributed by atoms with van der Waals surface area (Å²) < 4.78 is 0. The maximum absolute atomic E-state index is 12.1. The molecule has 0 aliphatic carbocycles. The van der Waals surface area contributed by atoms with Crippen molar-refractivity contribution in [3.8, 4) is 0 Å². The predicted octanol–water partition coefficient (Wildman–Crippen LogP) is 1.42. The van der Waals surface area contributed by atoms with Crippen LogP contribution in [0.5, 0.6) is 0 Å². The highest BCUT2D eigenvalue weighted by Crippen LogP contribution is 2.15. The number of benzene rings is 1. The van der Waals surface area contributed by atoms with E-state index in [0.717, 1.165) is 32.7 Å². The number of hydrogen-bond acceptors (Lipinski definition) is 5. The predicted molar refractivity (Wildman–Crippen MR) is 94.1 cm³/mol. The van der Waals surface area contributed by atoms with Gasteiger partial charge in [0.1, 0.15) is 5.69 Å². The Hall–Kier alpha value is -2.47. The van der Waals surface area contributed by atoms with Crippen LogP contribution in [0.2, 0.25) is 0 Å². The molecule has 1 aliphatic rings. The lowest BCUT2D eigenvalue weighted by atomic mass is 10.2. The fraction of sp³-hybridized carbons (Fsp3) is 0.389. The van der Waals surface area contributed by atoms with Gasteiger partial charge in [0, 0.05) is 56.8 Å². The van der Waals surface area contributed by atoms with Gasteiger partial charge in [0.2, 0.25) is 0 Å². The Morgan fingerprint density at radius 3 is 2.58 bits per heavy atom. The Kier molecular flexibility index (Phi) is 5.38. The Bertz CT molecular complexity index is 641. The summed E-state index contributed by atoms with van der Waals surface area (Å²) in [5, 5.41) is 2.99. The van der Waals surface area contributed by atoms with Crippen molar-refractivity contribution in [3.05, 3.63) is 54.6 Å². The van der Waals surface area contributed by atoms with E-state index in [1.807, 2.05) is 13.0 Å². The van der Waals surface area contributed by atoms with Gasteiger partial charge in [-0.05, 0) is 19.1 Å².